The molecule has 2 nitrogen and oxygen atoms in total. The maximum atomic E-state index is 3.80. The van der Waals surface area contributed by atoms with Crippen molar-refractivity contribution >= 4 is 50.0 Å². The number of anilines is 3. The molecule has 0 saturated heterocycles. The van der Waals surface area contributed by atoms with Crippen molar-refractivity contribution in [3.63, 3.8) is 0 Å². The quantitative estimate of drug-likeness (QED) is 0.192. The molecule has 6 aromatic rings. The van der Waals surface area contributed by atoms with E-state index in [0.29, 0.717) is 0 Å². The molecular formula is C38H33BrN2. The molecule has 0 saturated carbocycles. The Bertz CT molecular complexity index is 1760. The van der Waals surface area contributed by atoms with Crippen molar-refractivity contribution in [1.82, 2.24) is 4.57 Å². The predicted molar refractivity (Wildman–Crippen MR) is 180 cm³/mol. The van der Waals surface area contributed by atoms with Gasteiger partial charge >= 0.3 is 0 Å². The summed E-state index contributed by atoms with van der Waals surface area (Å²) >= 11 is 3.80. The second kappa shape index (κ2) is 12.0. The van der Waals surface area contributed by atoms with E-state index in [2.05, 4.69) is 165 Å². The van der Waals surface area contributed by atoms with Gasteiger partial charge in [-0.3, -0.25) is 0 Å². The Hall–Kier alpha value is -4.34. The van der Waals surface area contributed by atoms with Gasteiger partial charge in [-0.05, 0) is 96.3 Å². The van der Waals surface area contributed by atoms with Crippen LogP contribution in [0.3, 0.4) is 0 Å². The molecule has 41 heavy (non-hydrogen) atoms. The van der Waals surface area contributed by atoms with Gasteiger partial charge in [0.1, 0.15) is 0 Å². The number of aryl methyl sites for hydroxylation is 1. The van der Waals surface area contributed by atoms with E-state index in [1.807, 2.05) is 13.8 Å². The third-order valence-corrected chi connectivity index (χ3v) is 7.94. The molecule has 0 aliphatic heterocycles. The van der Waals surface area contributed by atoms with Gasteiger partial charge in [-0.15, -0.1) is 0 Å². The van der Waals surface area contributed by atoms with E-state index in [1.165, 1.54) is 39.0 Å². The lowest BCUT2D eigenvalue weighted by Crippen LogP contribution is -2.09. The van der Waals surface area contributed by atoms with Crippen LogP contribution in [0.15, 0.2) is 138 Å². The number of hydrogen-bond donors (Lipinski definition) is 0. The van der Waals surface area contributed by atoms with Gasteiger partial charge in [0, 0.05) is 38.3 Å². The highest BCUT2D eigenvalue weighted by Gasteiger charge is 2.18. The molecule has 0 radical (unpaired) electrons. The highest BCUT2D eigenvalue weighted by molar-refractivity contribution is 9.10. The molecule has 0 spiro atoms. The summed E-state index contributed by atoms with van der Waals surface area (Å²) in [6.07, 6.45) is 6.78. The Morgan fingerprint density at radius 2 is 1.27 bits per heavy atom. The van der Waals surface area contributed by atoms with Crippen molar-refractivity contribution in [2.24, 2.45) is 0 Å². The van der Waals surface area contributed by atoms with Crippen LogP contribution in [-0.2, 0) is 6.42 Å². The molecule has 3 heteroatoms. The Kier molecular flexibility index (Phi) is 7.89. The molecule has 5 aromatic carbocycles. The zero-order valence-electron chi connectivity index (χ0n) is 23.5. The van der Waals surface area contributed by atoms with E-state index >= 15 is 0 Å². The zero-order chi connectivity index (χ0) is 28.2. The van der Waals surface area contributed by atoms with Gasteiger partial charge in [0.05, 0.1) is 5.52 Å². The van der Waals surface area contributed by atoms with Crippen LogP contribution in [-0.4, -0.2) is 4.57 Å². The van der Waals surface area contributed by atoms with Crippen LogP contribution in [0.2, 0.25) is 0 Å². The Morgan fingerprint density at radius 3 is 1.95 bits per heavy atom. The van der Waals surface area contributed by atoms with Gasteiger partial charge in [-0.25, -0.2) is 0 Å². The van der Waals surface area contributed by atoms with Crippen molar-refractivity contribution in [3.05, 3.63) is 149 Å². The minimum absolute atomic E-state index is 1.05. The van der Waals surface area contributed by atoms with E-state index in [-0.39, 0.29) is 0 Å². The molecule has 0 amide bonds. The number of hydrogen-bond acceptors (Lipinski definition) is 1. The van der Waals surface area contributed by atoms with Crippen LogP contribution in [0.25, 0.3) is 33.8 Å². The van der Waals surface area contributed by atoms with Gasteiger partial charge in [0.15, 0.2) is 0 Å². The van der Waals surface area contributed by atoms with E-state index in [9.17, 15) is 0 Å². The highest BCUT2D eigenvalue weighted by atomic mass is 79.9. The molecule has 0 N–H and O–H groups in total. The number of halogens is 1. The third kappa shape index (κ3) is 5.26. The largest absolute Gasteiger partial charge is 0.310 e. The third-order valence-electron chi connectivity index (χ3n) is 7.49. The predicted octanol–water partition coefficient (Wildman–Crippen LogP) is 11.5. The number of benzene rings is 5. The molecule has 1 heterocycles. The van der Waals surface area contributed by atoms with Crippen molar-refractivity contribution in [1.29, 1.82) is 0 Å². The van der Waals surface area contributed by atoms with Crippen LogP contribution < -0.4 is 4.90 Å². The molecule has 202 valence electrons. The first kappa shape index (κ1) is 26.9. The first-order chi connectivity index (χ1) is 20.3. The monoisotopic (exact) mass is 596 g/mol. The first-order valence-electron chi connectivity index (χ1n) is 14.4. The maximum absolute atomic E-state index is 3.80. The second-order valence-corrected chi connectivity index (χ2v) is 10.8. The number of rotatable bonds is 5. The van der Waals surface area contributed by atoms with Crippen molar-refractivity contribution in [2.75, 3.05) is 4.90 Å². The number of allylic oxidation sites excluding steroid dienone is 1. The summed E-state index contributed by atoms with van der Waals surface area (Å²) in [6.45, 7) is 4.00. The number of fused-ring (bicyclic) bond motifs is 3. The standard InChI is InChI=1S/C36H27BrN2.C2H6/c37-28-23-27(24-32(25-28)38(29-11-3-1-4-12-29)30-13-5-2-6-14-30)26-19-21-31(22-20-26)39-35-17-9-7-15-33(35)34-16-8-10-18-36(34)39;1-2/h1-7,9-15,17-25H,8,16H2;1-2H3. The van der Waals surface area contributed by atoms with Crippen LogP contribution in [0.4, 0.5) is 17.1 Å². The number of para-hydroxylation sites is 3. The summed E-state index contributed by atoms with van der Waals surface area (Å²) in [5.74, 6) is 0. The average Bonchev–Trinajstić information content (AvgIpc) is 3.38. The highest BCUT2D eigenvalue weighted by Crippen LogP contribution is 2.39. The fourth-order valence-corrected chi connectivity index (χ4v) is 6.22. The molecule has 0 unspecified atom stereocenters. The minimum atomic E-state index is 1.05. The van der Waals surface area contributed by atoms with Gasteiger partial charge in [0.2, 0.25) is 0 Å². The maximum Gasteiger partial charge on any atom is 0.0537 e. The van der Waals surface area contributed by atoms with Crippen LogP contribution in [0.1, 0.15) is 31.5 Å². The fraction of sp³-hybridized carbons (Fsp3) is 0.105. The molecule has 7 rings (SSSR count). The van der Waals surface area contributed by atoms with E-state index in [4.69, 9.17) is 0 Å². The van der Waals surface area contributed by atoms with Crippen LogP contribution >= 0.6 is 15.9 Å². The second-order valence-electron chi connectivity index (χ2n) is 9.91. The summed E-state index contributed by atoms with van der Waals surface area (Å²) in [6, 6.07) is 45.5. The molecule has 1 aliphatic rings. The van der Waals surface area contributed by atoms with Gasteiger partial charge in [0.25, 0.3) is 0 Å². The Morgan fingerprint density at radius 1 is 0.634 bits per heavy atom. The first-order valence-corrected chi connectivity index (χ1v) is 15.2. The number of nitrogens with zero attached hydrogens (tertiary/aromatic N) is 2. The molecule has 0 atom stereocenters. The summed E-state index contributed by atoms with van der Waals surface area (Å²) in [5.41, 5.74) is 10.9. The minimum Gasteiger partial charge on any atom is -0.310 e. The van der Waals surface area contributed by atoms with Gasteiger partial charge in [-0.1, -0.05) is 103 Å². The van der Waals surface area contributed by atoms with Gasteiger partial charge < -0.3 is 9.47 Å². The van der Waals surface area contributed by atoms with Crippen LogP contribution in [0.5, 0.6) is 0 Å². The lowest BCUT2D eigenvalue weighted by atomic mass is 10.0. The molecule has 0 fully saturated rings. The average molecular weight is 598 g/mol. The SMILES string of the molecule is Brc1cc(-c2ccc(-n3c4c(c5ccccc53)CCC=C4)cc2)cc(N(c2ccccc2)c2ccccc2)c1.CC. The fourth-order valence-electron chi connectivity index (χ4n) is 5.74. The van der Waals surface area contributed by atoms with Gasteiger partial charge in [-0.2, -0.15) is 0 Å². The topological polar surface area (TPSA) is 8.17 Å². The molecule has 1 aliphatic carbocycles. The summed E-state index contributed by atoms with van der Waals surface area (Å²) in [7, 11) is 0. The molecule has 0 bridgehead atoms. The van der Waals surface area contributed by atoms with E-state index in [1.54, 1.807) is 0 Å². The summed E-state index contributed by atoms with van der Waals surface area (Å²) in [5, 5.41) is 1.36. The lowest BCUT2D eigenvalue weighted by molar-refractivity contribution is 0.967. The summed E-state index contributed by atoms with van der Waals surface area (Å²) in [4.78, 5) is 2.30. The summed E-state index contributed by atoms with van der Waals surface area (Å²) < 4.78 is 3.45. The van der Waals surface area contributed by atoms with Crippen molar-refractivity contribution in [3.8, 4) is 16.8 Å². The molecule has 1 aromatic heterocycles. The normalized spacial score (nSPS) is 12.0. The van der Waals surface area contributed by atoms with E-state index < -0.39 is 0 Å². The number of aromatic nitrogens is 1. The zero-order valence-corrected chi connectivity index (χ0v) is 25.1. The van der Waals surface area contributed by atoms with Crippen molar-refractivity contribution in [2.45, 2.75) is 26.7 Å². The van der Waals surface area contributed by atoms with Crippen molar-refractivity contribution < 1.29 is 0 Å². The van der Waals surface area contributed by atoms with E-state index in [0.717, 1.165) is 34.4 Å². The lowest BCUT2D eigenvalue weighted by Gasteiger charge is -2.26. The van der Waals surface area contributed by atoms with Crippen LogP contribution in [0, 0.1) is 0 Å². The Balaban J connectivity index is 0.00000148. The Labute approximate surface area is 251 Å². The smallest absolute Gasteiger partial charge is 0.0537 e. The molecular weight excluding hydrogens is 564 g/mol.